The molecule has 2 aliphatic rings. The first-order chi connectivity index (χ1) is 9.74. The Labute approximate surface area is 123 Å². The summed E-state index contributed by atoms with van der Waals surface area (Å²) < 4.78 is 0. The standard InChI is InChI=1S/C16H31N3O/c17-15-6-3-5-14(13-15)7-8-16(20)18-9-4-12-19-10-1-2-11-19/h14-15H,1-13,17H2,(H,18,20). The minimum atomic E-state index is 0.227. The Kier molecular flexibility index (Phi) is 6.80. The summed E-state index contributed by atoms with van der Waals surface area (Å²) in [5, 5.41) is 3.06. The maximum absolute atomic E-state index is 11.8. The Morgan fingerprint density at radius 2 is 2.00 bits per heavy atom. The van der Waals surface area contributed by atoms with E-state index in [0.29, 0.717) is 18.4 Å². The molecule has 0 aromatic carbocycles. The number of amides is 1. The highest BCUT2D eigenvalue weighted by atomic mass is 16.1. The first-order valence-corrected chi connectivity index (χ1v) is 8.48. The number of carbonyl (C=O) groups is 1. The number of nitrogens with one attached hydrogen (secondary N) is 1. The van der Waals surface area contributed by atoms with Crippen molar-refractivity contribution in [2.24, 2.45) is 11.7 Å². The fourth-order valence-electron chi connectivity index (χ4n) is 3.56. The number of rotatable bonds is 7. The van der Waals surface area contributed by atoms with Crippen LogP contribution < -0.4 is 11.1 Å². The molecule has 1 heterocycles. The summed E-state index contributed by atoms with van der Waals surface area (Å²) in [6.07, 6.45) is 10.2. The van der Waals surface area contributed by atoms with Gasteiger partial charge in [0.15, 0.2) is 0 Å². The normalized spacial score (nSPS) is 27.6. The molecule has 1 amide bonds. The van der Waals surface area contributed by atoms with Crippen molar-refractivity contribution >= 4 is 5.91 Å². The molecular weight excluding hydrogens is 250 g/mol. The molecule has 20 heavy (non-hydrogen) atoms. The number of carbonyl (C=O) groups excluding carboxylic acids is 1. The van der Waals surface area contributed by atoms with Crippen LogP contribution in [0.15, 0.2) is 0 Å². The van der Waals surface area contributed by atoms with Crippen LogP contribution in [-0.2, 0) is 4.79 Å². The highest BCUT2D eigenvalue weighted by Gasteiger charge is 2.19. The number of likely N-dealkylation sites (tertiary alicyclic amines) is 1. The Balaban J connectivity index is 1.47. The number of nitrogens with two attached hydrogens (primary N) is 1. The van der Waals surface area contributed by atoms with Crippen LogP contribution in [0.3, 0.4) is 0 Å². The Bertz CT molecular complexity index is 289. The van der Waals surface area contributed by atoms with Crippen LogP contribution in [0.25, 0.3) is 0 Å². The largest absolute Gasteiger partial charge is 0.356 e. The van der Waals surface area contributed by atoms with E-state index in [-0.39, 0.29) is 5.91 Å². The van der Waals surface area contributed by atoms with Gasteiger partial charge in [0.1, 0.15) is 0 Å². The summed E-state index contributed by atoms with van der Waals surface area (Å²) in [7, 11) is 0. The van der Waals surface area contributed by atoms with E-state index < -0.39 is 0 Å². The van der Waals surface area contributed by atoms with Gasteiger partial charge in [-0.3, -0.25) is 4.79 Å². The topological polar surface area (TPSA) is 58.4 Å². The van der Waals surface area contributed by atoms with Crippen LogP contribution in [0.5, 0.6) is 0 Å². The van der Waals surface area contributed by atoms with E-state index in [1.54, 1.807) is 0 Å². The van der Waals surface area contributed by atoms with E-state index in [2.05, 4.69) is 10.2 Å². The smallest absolute Gasteiger partial charge is 0.220 e. The summed E-state index contributed by atoms with van der Waals surface area (Å²) in [5.41, 5.74) is 5.98. The molecule has 0 aromatic heterocycles. The van der Waals surface area contributed by atoms with E-state index in [1.165, 1.54) is 45.2 Å². The molecule has 4 nitrogen and oxygen atoms in total. The second kappa shape index (κ2) is 8.63. The maximum Gasteiger partial charge on any atom is 0.220 e. The van der Waals surface area contributed by atoms with Crippen LogP contribution in [0.2, 0.25) is 0 Å². The maximum atomic E-state index is 11.8. The zero-order chi connectivity index (χ0) is 14.2. The van der Waals surface area contributed by atoms with Gasteiger partial charge in [0, 0.05) is 19.0 Å². The van der Waals surface area contributed by atoms with E-state index >= 15 is 0 Å². The van der Waals surface area contributed by atoms with Gasteiger partial charge in [0.25, 0.3) is 0 Å². The summed E-state index contributed by atoms with van der Waals surface area (Å²) in [6, 6.07) is 0.372. The SMILES string of the molecule is NC1CCCC(CCC(=O)NCCCN2CCCC2)C1. The van der Waals surface area contributed by atoms with Gasteiger partial charge < -0.3 is 16.0 Å². The van der Waals surface area contributed by atoms with E-state index in [1.807, 2.05) is 0 Å². The molecule has 1 aliphatic heterocycles. The molecule has 2 fully saturated rings. The lowest BCUT2D eigenvalue weighted by Crippen LogP contribution is -2.30. The zero-order valence-electron chi connectivity index (χ0n) is 12.8. The fourth-order valence-corrected chi connectivity index (χ4v) is 3.56. The third-order valence-electron chi connectivity index (χ3n) is 4.77. The second-order valence-corrected chi connectivity index (χ2v) is 6.58. The molecule has 4 heteroatoms. The van der Waals surface area contributed by atoms with Crippen molar-refractivity contribution in [2.45, 2.75) is 63.8 Å². The van der Waals surface area contributed by atoms with Gasteiger partial charge in [-0.15, -0.1) is 0 Å². The van der Waals surface area contributed by atoms with Crippen molar-refractivity contribution in [3.63, 3.8) is 0 Å². The zero-order valence-corrected chi connectivity index (χ0v) is 12.8. The molecule has 1 saturated carbocycles. The van der Waals surface area contributed by atoms with Gasteiger partial charge in [-0.05, 0) is 64.1 Å². The number of nitrogens with zero attached hydrogens (tertiary/aromatic N) is 1. The molecule has 0 aromatic rings. The van der Waals surface area contributed by atoms with Crippen molar-refractivity contribution < 1.29 is 4.79 Å². The average molecular weight is 281 g/mol. The van der Waals surface area contributed by atoms with Crippen molar-refractivity contribution in [1.29, 1.82) is 0 Å². The molecular formula is C16H31N3O. The minimum absolute atomic E-state index is 0.227. The summed E-state index contributed by atoms with van der Waals surface area (Å²) in [4.78, 5) is 14.3. The summed E-state index contributed by atoms with van der Waals surface area (Å²) >= 11 is 0. The predicted octanol–water partition coefficient (Wildman–Crippen LogP) is 1.89. The highest BCUT2D eigenvalue weighted by molar-refractivity contribution is 5.75. The quantitative estimate of drug-likeness (QED) is 0.701. The summed E-state index contributed by atoms with van der Waals surface area (Å²) in [5.74, 6) is 0.902. The Hall–Kier alpha value is -0.610. The van der Waals surface area contributed by atoms with Gasteiger partial charge >= 0.3 is 0 Å². The van der Waals surface area contributed by atoms with Crippen molar-refractivity contribution in [3.05, 3.63) is 0 Å². The molecule has 116 valence electrons. The lowest BCUT2D eigenvalue weighted by Gasteiger charge is -2.26. The van der Waals surface area contributed by atoms with Crippen LogP contribution in [0, 0.1) is 5.92 Å². The van der Waals surface area contributed by atoms with E-state index in [9.17, 15) is 4.79 Å². The fraction of sp³-hybridized carbons (Fsp3) is 0.938. The number of hydrogen-bond donors (Lipinski definition) is 2. The molecule has 3 N–H and O–H groups in total. The molecule has 1 saturated heterocycles. The highest BCUT2D eigenvalue weighted by Crippen LogP contribution is 2.26. The molecule has 2 atom stereocenters. The third-order valence-corrected chi connectivity index (χ3v) is 4.77. The van der Waals surface area contributed by atoms with Crippen LogP contribution in [-0.4, -0.2) is 43.0 Å². The molecule has 2 rings (SSSR count). The first-order valence-electron chi connectivity index (χ1n) is 8.48. The molecule has 1 aliphatic carbocycles. The Morgan fingerprint density at radius 3 is 2.75 bits per heavy atom. The predicted molar refractivity (Wildman–Crippen MR) is 82.5 cm³/mol. The van der Waals surface area contributed by atoms with E-state index in [0.717, 1.165) is 32.4 Å². The van der Waals surface area contributed by atoms with Crippen molar-refractivity contribution in [2.75, 3.05) is 26.2 Å². The minimum Gasteiger partial charge on any atom is -0.356 e. The lowest BCUT2D eigenvalue weighted by atomic mass is 9.83. The summed E-state index contributed by atoms with van der Waals surface area (Å²) in [6.45, 7) is 4.46. The third kappa shape index (κ3) is 5.80. The first kappa shape index (κ1) is 15.8. The van der Waals surface area contributed by atoms with Crippen LogP contribution in [0.4, 0.5) is 0 Å². The van der Waals surface area contributed by atoms with Crippen molar-refractivity contribution in [3.8, 4) is 0 Å². The van der Waals surface area contributed by atoms with Crippen molar-refractivity contribution in [1.82, 2.24) is 10.2 Å². The van der Waals surface area contributed by atoms with Gasteiger partial charge in [-0.1, -0.05) is 12.8 Å². The molecule has 0 spiro atoms. The van der Waals surface area contributed by atoms with Gasteiger partial charge in [-0.2, -0.15) is 0 Å². The Morgan fingerprint density at radius 1 is 1.20 bits per heavy atom. The molecule has 0 radical (unpaired) electrons. The van der Waals surface area contributed by atoms with Crippen LogP contribution in [0.1, 0.15) is 57.8 Å². The van der Waals surface area contributed by atoms with Gasteiger partial charge in [0.2, 0.25) is 5.91 Å². The van der Waals surface area contributed by atoms with Crippen LogP contribution >= 0.6 is 0 Å². The second-order valence-electron chi connectivity index (χ2n) is 6.58. The lowest BCUT2D eigenvalue weighted by molar-refractivity contribution is -0.121. The average Bonchev–Trinajstić information content (AvgIpc) is 2.95. The number of hydrogen-bond acceptors (Lipinski definition) is 3. The van der Waals surface area contributed by atoms with Gasteiger partial charge in [-0.25, -0.2) is 0 Å². The molecule has 0 bridgehead atoms. The monoisotopic (exact) mass is 281 g/mol. The van der Waals surface area contributed by atoms with Gasteiger partial charge in [0.05, 0.1) is 0 Å². The molecule has 2 unspecified atom stereocenters. The van der Waals surface area contributed by atoms with E-state index in [4.69, 9.17) is 5.73 Å².